The summed E-state index contributed by atoms with van der Waals surface area (Å²) in [5.41, 5.74) is 5.89. The lowest BCUT2D eigenvalue weighted by atomic mass is 10.3. The summed E-state index contributed by atoms with van der Waals surface area (Å²) in [6.45, 7) is 0. The number of nitrogen functional groups attached to an aromatic ring is 1. The van der Waals surface area contributed by atoms with Crippen molar-refractivity contribution in [2.75, 3.05) is 5.73 Å². The molecule has 0 amide bonds. The van der Waals surface area contributed by atoms with Gasteiger partial charge in [-0.1, -0.05) is 6.07 Å². The molecule has 0 aliphatic rings. The lowest BCUT2D eigenvalue weighted by molar-refractivity contribution is 0.448. The largest absolute Gasteiger partial charge is 0.508 e. The van der Waals surface area contributed by atoms with Gasteiger partial charge in [0.15, 0.2) is 0 Å². The quantitative estimate of drug-likeness (QED) is 0.299. The van der Waals surface area contributed by atoms with E-state index in [0.717, 1.165) is 0 Å². The van der Waals surface area contributed by atoms with Gasteiger partial charge in [-0.05, 0) is 12.1 Å². The second kappa shape index (κ2) is 5.58. The van der Waals surface area contributed by atoms with E-state index in [2.05, 4.69) is 0 Å². The molecule has 5 heteroatoms. The molecule has 0 spiro atoms. The molecule has 0 aliphatic carbocycles. The highest BCUT2D eigenvalue weighted by atomic mass is 16.4. The molecule has 0 unspecified atom stereocenters. The van der Waals surface area contributed by atoms with Crippen molar-refractivity contribution in [2.24, 2.45) is 0 Å². The molecule has 59 valence electrons. The number of rotatable bonds is 0. The van der Waals surface area contributed by atoms with E-state index >= 15 is 0 Å². The minimum atomic E-state index is 0. The van der Waals surface area contributed by atoms with E-state index in [9.17, 15) is 0 Å². The zero-order valence-electron chi connectivity index (χ0n) is 5.81. The number of phenols is 1. The zero-order chi connectivity index (χ0) is 8.69. The molecule has 0 fully saturated rings. The lowest BCUT2D eigenvalue weighted by Gasteiger charge is -1.90. The molecule has 0 aliphatic heterocycles. The lowest BCUT2D eigenvalue weighted by Crippen LogP contribution is -1.80. The van der Waals surface area contributed by atoms with Crippen LogP contribution in [0.25, 0.3) is 0 Å². The van der Waals surface area contributed by atoms with Crippen LogP contribution in [0.5, 0.6) is 5.75 Å². The van der Waals surface area contributed by atoms with Crippen molar-refractivity contribution in [1.82, 2.24) is 0 Å². The number of anilines is 1. The SMILES string of the molecule is Nc1cccc(O)c1.O[B]O. The van der Waals surface area contributed by atoms with Gasteiger partial charge in [0.05, 0.1) is 0 Å². The third-order valence-electron chi connectivity index (χ3n) is 0.870. The molecule has 1 radical (unpaired) electrons. The fourth-order valence-electron chi connectivity index (χ4n) is 0.525. The van der Waals surface area contributed by atoms with E-state index in [4.69, 9.17) is 20.9 Å². The topological polar surface area (TPSA) is 86.7 Å². The van der Waals surface area contributed by atoms with Gasteiger partial charge in [0, 0.05) is 11.8 Å². The molecule has 5 N–H and O–H groups in total. The van der Waals surface area contributed by atoms with Crippen molar-refractivity contribution < 1.29 is 15.2 Å². The van der Waals surface area contributed by atoms with Crippen LogP contribution in [0, 0.1) is 0 Å². The van der Waals surface area contributed by atoms with Gasteiger partial charge in [0.25, 0.3) is 0 Å². The molecule has 11 heavy (non-hydrogen) atoms. The van der Waals surface area contributed by atoms with E-state index in [0.29, 0.717) is 5.69 Å². The second-order valence-corrected chi connectivity index (χ2v) is 1.71. The predicted molar refractivity (Wildman–Crippen MR) is 42.7 cm³/mol. The number of hydrogen-bond donors (Lipinski definition) is 4. The van der Waals surface area contributed by atoms with Crippen LogP contribution >= 0.6 is 0 Å². The molecule has 1 aromatic carbocycles. The maximum Gasteiger partial charge on any atom is 0.482 e. The van der Waals surface area contributed by atoms with Gasteiger partial charge in [-0.2, -0.15) is 0 Å². The average Bonchev–Trinajstić information content (AvgIpc) is 1.88. The number of hydrogen-bond acceptors (Lipinski definition) is 4. The molecule has 4 nitrogen and oxygen atoms in total. The molecule has 0 bridgehead atoms. The summed E-state index contributed by atoms with van der Waals surface area (Å²) in [7, 11) is 0. The van der Waals surface area contributed by atoms with Crippen LogP contribution in [0.3, 0.4) is 0 Å². The van der Waals surface area contributed by atoms with Crippen LogP contribution in [0.2, 0.25) is 0 Å². The number of benzene rings is 1. The standard InChI is InChI=1S/C6H7NO.BH2O2/c7-5-2-1-3-6(8)4-5;2-1-3/h1-4,8H,7H2;2-3H. The molecule has 0 atom stereocenters. The summed E-state index contributed by atoms with van der Waals surface area (Å²) in [6.07, 6.45) is 0. The minimum absolute atomic E-state index is 0. The van der Waals surface area contributed by atoms with E-state index in [1.165, 1.54) is 6.07 Å². The van der Waals surface area contributed by atoms with Crippen molar-refractivity contribution >= 4 is 13.4 Å². The Kier molecular flexibility index (Phi) is 4.97. The Morgan fingerprint density at radius 3 is 2.09 bits per heavy atom. The normalized spacial score (nSPS) is 7.82. The van der Waals surface area contributed by atoms with Crippen LogP contribution in [-0.2, 0) is 0 Å². The van der Waals surface area contributed by atoms with Gasteiger partial charge < -0.3 is 20.9 Å². The predicted octanol–water partition coefficient (Wildman–Crippen LogP) is -0.520. The Hall–Kier alpha value is -1.20. The van der Waals surface area contributed by atoms with Gasteiger partial charge >= 0.3 is 7.69 Å². The first-order valence-corrected chi connectivity index (χ1v) is 2.85. The highest BCUT2D eigenvalue weighted by Crippen LogP contribution is 2.10. The average molecular weight is 154 g/mol. The van der Waals surface area contributed by atoms with Crippen molar-refractivity contribution in [3.63, 3.8) is 0 Å². The van der Waals surface area contributed by atoms with Crippen LogP contribution in [0.1, 0.15) is 0 Å². The fourth-order valence-corrected chi connectivity index (χ4v) is 0.525. The number of aromatic hydroxyl groups is 1. The van der Waals surface area contributed by atoms with Gasteiger partial charge in [0.2, 0.25) is 0 Å². The minimum Gasteiger partial charge on any atom is -0.508 e. The van der Waals surface area contributed by atoms with Crippen LogP contribution in [-0.4, -0.2) is 22.8 Å². The summed E-state index contributed by atoms with van der Waals surface area (Å²) in [6, 6.07) is 6.50. The molecule has 0 heterocycles. The Morgan fingerprint density at radius 1 is 1.27 bits per heavy atom. The van der Waals surface area contributed by atoms with Crippen molar-refractivity contribution in [2.45, 2.75) is 0 Å². The number of nitrogens with two attached hydrogens (primary N) is 1. The first kappa shape index (κ1) is 9.80. The zero-order valence-corrected chi connectivity index (χ0v) is 5.81. The molecule has 1 aromatic rings. The third kappa shape index (κ3) is 5.26. The molecule has 1 rings (SSSR count). The van der Waals surface area contributed by atoms with Crippen molar-refractivity contribution in [1.29, 1.82) is 0 Å². The van der Waals surface area contributed by atoms with Crippen molar-refractivity contribution in [3.8, 4) is 5.75 Å². The monoisotopic (exact) mass is 154 g/mol. The summed E-state index contributed by atoms with van der Waals surface area (Å²) in [5, 5.41) is 22.7. The fraction of sp³-hybridized carbons (Fsp3) is 0. The third-order valence-corrected chi connectivity index (χ3v) is 0.870. The summed E-state index contributed by atoms with van der Waals surface area (Å²) >= 11 is 0. The first-order chi connectivity index (χ1) is 5.20. The molecular formula is C6H9BNO3. The van der Waals surface area contributed by atoms with Gasteiger partial charge in [-0.3, -0.25) is 0 Å². The maximum absolute atomic E-state index is 8.73. The van der Waals surface area contributed by atoms with E-state index in [1.54, 1.807) is 18.2 Å². The second-order valence-electron chi connectivity index (χ2n) is 1.71. The summed E-state index contributed by atoms with van der Waals surface area (Å²) in [4.78, 5) is 0. The first-order valence-electron chi connectivity index (χ1n) is 2.85. The Morgan fingerprint density at radius 2 is 1.82 bits per heavy atom. The molecule has 0 saturated carbocycles. The number of phenolic OH excluding ortho intramolecular Hbond substituents is 1. The van der Waals surface area contributed by atoms with E-state index in [-0.39, 0.29) is 13.4 Å². The van der Waals surface area contributed by atoms with Crippen LogP contribution in [0.15, 0.2) is 24.3 Å². The molecular weight excluding hydrogens is 145 g/mol. The summed E-state index contributed by atoms with van der Waals surface area (Å²) < 4.78 is 0. The molecule has 0 saturated heterocycles. The summed E-state index contributed by atoms with van der Waals surface area (Å²) in [5.74, 6) is 0.213. The van der Waals surface area contributed by atoms with Crippen LogP contribution < -0.4 is 5.73 Å². The van der Waals surface area contributed by atoms with E-state index in [1.807, 2.05) is 0 Å². The Bertz CT molecular complexity index is 190. The van der Waals surface area contributed by atoms with Gasteiger partial charge in [-0.25, -0.2) is 0 Å². The van der Waals surface area contributed by atoms with Gasteiger partial charge in [0.1, 0.15) is 5.75 Å². The highest BCUT2D eigenvalue weighted by Gasteiger charge is 1.83. The smallest absolute Gasteiger partial charge is 0.482 e. The maximum atomic E-state index is 8.73. The molecule has 0 aromatic heterocycles. The Balaban J connectivity index is 0.000000292. The Labute approximate surface area is 65.2 Å². The highest BCUT2D eigenvalue weighted by molar-refractivity contribution is 6.13. The van der Waals surface area contributed by atoms with Crippen molar-refractivity contribution in [3.05, 3.63) is 24.3 Å². The van der Waals surface area contributed by atoms with Crippen LogP contribution in [0.4, 0.5) is 5.69 Å². The van der Waals surface area contributed by atoms with Gasteiger partial charge in [-0.15, -0.1) is 0 Å². The van der Waals surface area contributed by atoms with E-state index < -0.39 is 0 Å².